The van der Waals surface area contributed by atoms with Crippen LogP contribution in [0.5, 0.6) is 0 Å². The molecule has 20 heavy (non-hydrogen) atoms. The van der Waals surface area contributed by atoms with Gasteiger partial charge in [0.15, 0.2) is 5.78 Å². The Morgan fingerprint density at radius 3 is 2.50 bits per heavy atom. The van der Waals surface area contributed by atoms with Crippen LogP contribution in [0.4, 0.5) is 0 Å². The maximum atomic E-state index is 12.4. The number of ketones is 1. The molecule has 1 aliphatic rings. The zero-order chi connectivity index (χ0) is 14.5. The number of ether oxygens (including phenoxy) is 1. The third-order valence-electron chi connectivity index (χ3n) is 3.46. The highest BCUT2D eigenvalue weighted by Gasteiger charge is 2.27. The van der Waals surface area contributed by atoms with E-state index in [9.17, 15) is 10.1 Å². The van der Waals surface area contributed by atoms with E-state index in [0.29, 0.717) is 6.54 Å². The Labute approximate surface area is 120 Å². The first-order valence-corrected chi connectivity index (χ1v) is 6.95. The first kappa shape index (κ1) is 14.7. The van der Waals surface area contributed by atoms with Crippen molar-refractivity contribution in [3.05, 3.63) is 35.9 Å². The van der Waals surface area contributed by atoms with Crippen molar-refractivity contribution in [2.75, 3.05) is 19.6 Å². The van der Waals surface area contributed by atoms with Gasteiger partial charge in [-0.25, -0.2) is 0 Å². The van der Waals surface area contributed by atoms with E-state index in [-0.39, 0.29) is 18.0 Å². The summed E-state index contributed by atoms with van der Waals surface area (Å²) in [7, 11) is 0. The first-order valence-electron chi connectivity index (χ1n) is 6.95. The predicted octanol–water partition coefficient (Wildman–Crippen LogP) is 1.97. The van der Waals surface area contributed by atoms with Crippen LogP contribution in [0.1, 0.15) is 25.3 Å². The van der Waals surface area contributed by atoms with E-state index in [4.69, 9.17) is 4.74 Å². The summed E-state index contributed by atoms with van der Waals surface area (Å²) in [5.74, 6) is -0.718. The fourth-order valence-electron chi connectivity index (χ4n) is 2.70. The van der Waals surface area contributed by atoms with Gasteiger partial charge in [-0.15, -0.1) is 0 Å². The number of carbonyl (C=O) groups excluding carboxylic acids is 1. The molecule has 1 fully saturated rings. The van der Waals surface area contributed by atoms with Crippen LogP contribution in [0.3, 0.4) is 0 Å². The highest BCUT2D eigenvalue weighted by atomic mass is 16.5. The molecule has 4 heteroatoms. The van der Waals surface area contributed by atoms with Gasteiger partial charge in [-0.2, -0.15) is 5.26 Å². The number of morpholine rings is 1. The second kappa shape index (κ2) is 6.65. The first-order chi connectivity index (χ1) is 9.60. The van der Waals surface area contributed by atoms with Crippen LogP contribution in [0, 0.1) is 11.3 Å². The van der Waals surface area contributed by atoms with E-state index >= 15 is 0 Å². The topological polar surface area (TPSA) is 53.3 Å². The second-order valence-corrected chi connectivity index (χ2v) is 5.39. The van der Waals surface area contributed by atoms with E-state index in [2.05, 4.69) is 11.0 Å². The van der Waals surface area contributed by atoms with Crippen LogP contribution >= 0.6 is 0 Å². The number of rotatable bonds is 4. The molecular weight excluding hydrogens is 252 g/mol. The Hall–Kier alpha value is -1.70. The monoisotopic (exact) mass is 272 g/mol. The normalized spacial score (nSPS) is 24.9. The number of hydrogen-bond acceptors (Lipinski definition) is 4. The van der Waals surface area contributed by atoms with E-state index < -0.39 is 5.92 Å². The molecule has 0 spiro atoms. The van der Waals surface area contributed by atoms with Crippen molar-refractivity contribution in [3.63, 3.8) is 0 Å². The molecule has 0 unspecified atom stereocenters. The lowest BCUT2D eigenvalue weighted by atomic mass is 9.95. The quantitative estimate of drug-likeness (QED) is 0.841. The van der Waals surface area contributed by atoms with Crippen LogP contribution in [-0.4, -0.2) is 42.5 Å². The maximum Gasteiger partial charge on any atom is 0.168 e. The molecule has 4 nitrogen and oxygen atoms in total. The fraction of sp³-hybridized carbons (Fsp3) is 0.500. The minimum absolute atomic E-state index is 0.0417. The van der Waals surface area contributed by atoms with Crippen molar-refractivity contribution < 1.29 is 9.53 Å². The van der Waals surface area contributed by atoms with Crippen LogP contribution in [0.15, 0.2) is 30.3 Å². The van der Waals surface area contributed by atoms with Gasteiger partial charge in [0.25, 0.3) is 0 Å². The highest BCUT2D eigenvalue weighted by molar-refractivity contribution is 5.90. The molecule has 0 aromatic heterocycles. The van der Waals surface area contributed by atoms with E-state index in [1.807, 2.05) is 44.2 Å². The average Bonchev–Trinajstić information content (AvgIpc) is 2.39. The number of carbonyl (C=O) groups is 1. The molecule has 0 bridgehead atoms. The van der Waals surface area contributed by atoms with Gasteiger partial charge in [0.1, 0.15) is 5.92 Å². The lowest BCUT2D eigenvalue weighted by Crippen LogP contribution is -2.47. The minimum atomic E-state index is -0.676. The molecule has 0 aliphatic carbocycles. The van der Waals surface area contributed by atoms with Crippen molar-refractivity contribution in [2.24, 2.45) is 0 Å². The van der Waals surface area contributed by atoms with Gasteiger partial charge in [0.2, 0.25) is 0 Å². The number of nitrogens with zero attached hydrogens (tertiary/aromatic N) is 2. The summed E-state index contributed by atoms with van der Waals surface area (Å²) < 4.78 is 5.65. The summed E-state index contributed by atoms with van der Waals surface area (Å²) >= 11 is 0. The van der Waals surface area contributed by atoms with Crippen molar-refractivity contribution >= 4 is 5.78 Å². The Kier molecular flexibility index (Phi) is 4.89. The average molecular weight is 272 g/mol. The molecule has 1 heterocycles. The Balaban J connectivity index is 2.02. The number of Topliss-reactive ketones (excluding diaryl/α,β-unsaturated/α-hetero) is 1. The molecule has 2 rings (SSSR count). The summed E-state index contributed by atoms with van der Waals surface area (Å²) in [6.07, 6.45) is 0.257. The van der Waals surface area contributed by atoms with Gasteiger partial charge in [-0.3, -0.25) is 9.69 Å². The highest BCUT2D eigenvalue weighted by Crippen LogP contribution is 2.18. The number of benzene rings is 1. The molecule has 0 saturated carbocycles. The molecule has 1 aliphatic heterocycles. The SMILES string of the molecule is C[C@@H]1CN(CC(=O)[C@H](C#N)c2ccccc2)C[C@@H](C)O1. The lowest BCUT2D eigenvalue weighted by Gasteiger charge is -2.35. The summed E-state index contributed by atoms with van der Waals surface area (Å²) in [5, 5.41) is 9.27. The third-order valence-corrected chi connectivity index (χ3v) is 3.46. The van der Waals surface area contributed by atoms with E-state index in [0.717, 1.165) is 18.7 Å². The standard InChI is InChI=1S/C16H20N2O2/c1-12-9-18(10-13(2)20-12)11-16(19)15(8-17)14-6-4-3-5-7-14/h3-7,12-13,15H,9-11H2,1-2H3/t12-,13-,15-/m1/s1. The predicted molar refractivity (Wildman–Crippen MR) is 76.3 cm³/mol. The summed E-state index contributed by atoms with van der Waals surface area (Å²) in [5.41, 5.74) is 0.773. The molecule has 0 amide bonds. The Morgan fingerprint density at radius 1 is 1.35 bits per heavy atom. The van der Waals surface area contributed by atoms with Gasteiger partial charge in [-0.05, 0) is 19.4 Å². The van der Waals surface area contributed by atoms with Gasteiger partial charge >= 0.3 is 0 Å². The van der Waals surface area contributed by atoms with Gasteiger partial charge < -0.3 is 4.74 Å². The molecule has 1 aromatic rings. The zero-order valence-electron chi connectivity index (χ0n) is 12.0. The summed E-state index contributed by atoms with van der Waals surface area (Å²) in [6, 6.07) is 11.4. The molecule has 106 valence electrons. The van der Waals surface area contributed by atoms with Crippen LogP contribution in [0.25, 0.3) is 0 Å². The fourth-order valence-corrected chi connectivity index (χ4v) is 2.70. The van der Waals surface area contributed by atoms with Gasteiger partial charge in [-0.1, -0.05) is 30.3 Å². The van der Waals surface area contributed by atoms with Crippen molar-refractivity contribution in [1.29, 1.82) is 5.26 Å². The van der Waals surface area contributed by atoms with Gasteiger partial charge in [0.05, 0.1) is 24.8 Å². The zero-order valence-corrected chi connectivity index (χ0v) is 12.0. The maximum absolute atomic E-state index is 12.4. The summed E-state index contributed by atoms with van der Waals surface area (Å²) in [6.45, 7) is 5.80. The molecule has 0 radical (unpaired) electrons. The van der Waals surface area contributed by atoms with Crippen molar-refractivity contribution in [1.82, 2.24) is 4.90 Å². The van der Waals surface area contributed by atoms with Crippen LogP contribution < -0.4 is 0 Å². The Bertz CT molecular complexity index is 485. The van der Waals surface area contributed by atoms with Gasteiger partial charge in [0, 0.05) is 13.1 Å². The summed E-state index contributed by atoms with van der Waals surface area (Å²) in [4.78, 5) is 14.4. The third kappa shape index (κ3) is 3.66. The number of nitriles is 1. The van der Waals surface area contributed by atoms with Crippen molar-refractivity contribution in [2.45, 2.75) is 32.0 Å². The van der Waals surface area contributed by atoms with E-state index in [1.165, 1.54) is 0 Å². The lowest BCUT2D eigenvalue weighted by molar-refractivity contribution is -0.124. The Morgan fingerprint density at radius 2 is 1.95 bits per heavy atom. The molecule has 1 aromatic carbocycles. The molecule has 3 atom stereocenters. The van der Waals surface area contributed by atoms with Crippen LogP contribution in [-0.2, 0) is 9.53 Å². The largest absolute Gasteiger partial charge is 0.373 e. The molecule has 1 saturated heterocycles. The molecular formula is C16H20N2O2. The van der Waals surface area contributed by atoms with Crippen molar-refractivity contribution in [3.8, 4) is 6.07 Å². The minimum Gasteiger partial charge on any atom is -0.373 e. The molecule has 0 N–H and O–H groups in total. The van der Waals surface area contributed by atoms with Crippen LogP contribution in [0.2, 0.25) is 0 Å². The number of hydrogen-bond donors (Lipinski definition) is 0. The van der Waals surface area contributed by atoms with E-state index in [1.54, 1.807) is 0 Å². The second-order valence-electron chi connectivity index (χ2n) is 5.39. The smallest absolute Gasteiger partial charge is 0.168 e.